The first kappa shape index (κ1) is 18.4. The van der Waals surface area contributed by atoms with Crippen molar-refractivity contribution >= 4 is 11.7 Å². The molecule has 26 heavy (non-hydrogen) atoms. The molecule has 1 aromatic carbocycles. The summed E-state index contributed by atoms with van der Waals surface area (Å²) in [7, 11) is 0. The third kappa shape index (κ3) is 4.81. The van der Waals surface area contributed by atoms with Gasteiger partial charge in [-0.3, -0.25) is 9.78 Å². The smallest absolute Gasteiger partial charge is 0.225 e. The van der Waals surface area contributed by atoms with Crippen LogP contribution in [0.25, 0.3) is 0 Å². The zero-order valence-electron chi connectivity index (χ0n) is 15.6. The van der Waals surface area contributed by atoms with E-state index in [4.69, 9.17) is 0 Å². The Kier molecular flexibility index (Phi) is 6.21. The Morgan fingerprint density at radius 3 is 2.77 bits per heavy atom. The van der Waals surface area contributed by atoms with Crippen molar-refractivity contribution < 1.29 is 4.79 Å². The fraction of sp³-hybridized carbons (Fsp3) is 0.476. The summed E-state index contributed by atoms with van der Waals surface area (Å²) < 4.78 is 0. The highest BCUT2D eigenvalue weighted by Gasteiger charge is 2.28. The normalized spacial score (nSPS) is 18.6. The van der Waals surface area contributed by atoms with Gasteiger partial charge in [0.25, 0.3) is 0 Å². The molecule has 0 aliphatic carbocycles. The number of nitrogens with zero attached hydrogens (tertiary/aromatic N) is 3. The van der Waals surface area contributed by atoms with Crippen molar-refractivity contribution in [2.24, 2.45) is 11.8 Å². The number of hydrogen-bond acceptors (Lipinski definition) is 4. The van der Waals surface area contributed by atoms with Gasteiger partial charge in [-0.05, 0) is 30.7 Å². The zero-order valence-corrected chi connectivity index (χ0v) is 15.6. The van der Waals surface area contributed by atoms with Crippen LogP contribution >= 0.6 is 0 Å². The average Bonchev–Trinajstić information content (AvgIpc) is 2.68. The number of piperidine rings is 1. The van der Waals surface area contributed by atoms with Gasteiger partial charge in [-0.15, -0.1) is 0 Å². The molecule has 3 rings (SSSR count). The topological polar surface area (TPSA) is 58.1 Å². The molecule has 0 spiro atoms. The van der Waals surface area contributed by atoms with Gasteiger partial charge in [-0.1, -0.05) is 44.2 Å². The third-order valence-electron chi connectivity index (χ3n) is 4.89. The molecule has 2 aromatic rings. The molecule has 1 saturated heterocycles. The van der Waals surface area contributed by atoms with Crippen molar-refractivity contribution in [2.45, 2.75) is 39.2 Å². The summed E-state index contributed by atoms with van der Waals surface area (Å²) in [6.07, 6.45) is 8.00. The molecule has 0 bridgehead atoms. The maximum Gasteiger partial charge on any atom is 0.225 e. The van der Waals surface area contributed by atoms with Crippen LogP contribution in [0.3, 0.4) is 0 Å². The van der Waals surface area contributed by atoms with Gasteiger partial charge in [-0.25, -0.2) is 4.98 Å². The quantitative estimate of drug-likeness (QED) is 0.863. The molecule has 1 aromatic heterocycles. The first-order valence-corrected chi connectivity index (χ1v) is 9.49. The zero-order chi connectivity index (χ0) is 18.4. The van der Waals surface area contributed by atoms with Crippen molar-refractivity contribution in [1.29, 1.82) is 0 Å². The van der Waals surface area contributed by atoms with E-state index in [2.05, 4.69) is 46.2 Å². The van der Waals surface area contributed by atoms with Crippen LogP contribution in [0.2, 0.25) is 0 Å². The lowest BCUT2D eigenvalue weighted by molar-refractivity contribution is -0.126. The van der Waals surface area contributed by atoms with Gasteiger partial charge in [-0.2, -0.15) is 0 Å². The fourth-order valence-electron chi connectivity index (χ4n) is 3.58. The van der Waals surface area contributed by atoms with E-state index >= 15 is 0 Å². The van der Waals surface area contributed by atoms with Crippen LogP contribution in [-0.4, -0.2) is 29.0 Å². The number of nitrogens with one attached hydrogen (secondary N) is 1. The number of carbonyl (C=O) groups is 1. The maximum atomic E-state index is 13.0. The minimum atomic E-state index is -0.0101. The molecular formula is C21H28N4O. The molecule has 2 unspecified atom stereocenters. The Morgan fingerprint density at radius 1 is 1.27 bits per heavy atom. The standard InChI is InChI=1S/C21H28N4O/c1-16(2)13-19(17-7-4-3-5-8-17)24-21(26)18-9-6-12-25(15-18)20-14-22-10-11-23-20/h3-5,7-8,10-11,14,16,18-19H,6,9,12-13,15H2,1-2H3,(H,24,26). The van der Waals surface area contributed by atoms with E-state index in [9.17, 15) is 4.79 Å². The number of anilines is 1. The van der Waals surface area contributed by atoms with E-state index in [1.54, 1.807) is 18.6 Å². The highest BCUT2D eigenvalue weighted by molar-refractivity contribution is 5.80. The monoisotopic (exact) mass is 352 g/mol. The van der Waals surface area contributed by atoms with Crippen LogP contribution < -0.4 is 10.2 Å². The lowest BCUT2D eigenvalue weighted by Gasteiger charge is -2.33. The average molecular weight is 352 g/mol. The third-order valence-corrected chi connectivity index (χ3v) is 4.89. The molecule has 1 amide bonds. The van der Waals surface area contributed by atoms with Crippen LogP contribution in [0.5, 0.6) is 0 Å². The number of hydrogen-bond donors (Lipinski definition) is 1. The molecule has 1 fully saturated rings. The minimum absolute atomic E-state index is 0.0101. The summed E-state index contributed by atoms with van der Waals surface area (Å²) in [5, 5.41) is 3.30. The van der Waals surface area contributed by atoms with Gasteiger partial charge in [0.1, 0.15) is 5.82 Å². The van der Waals surface area contributed by atoms with E-state index < -0.39 is 0 Å². The number of carbonyl (C=O) groups excluding carboxylic acids is 1. The van der Waals surface area contributed by atoms with E-state index in [0.717, 1.165) is 31.6 Å². The second kappa shape index (κ2) is 8.79. The van der Waals surface area contributed by atoms with Gasteiger partial charge in [0.15, 0.2) is 0 Å². The molecule has 2 heterocycles. The Labute approximate surface area is 155 Å². The van der Waals surface area contributed by atoms with Crippen LogP contribution in [0.1, 0.15) is 44.7 Å². The van der Waals surface area contributed by atoms with E-state index in [0.29, 0.717) is 12.5 Å². The highest BCUT2D eigenvalue weighted by Crippen LogP contribution is 2.25. The Morgan fingerprint density at radius 2 is 2.08 bits per heavy atom. The Hall–Kier alpha value is -2.43. The maximum absolute atomic E-state index is 13.0. The van der Waals surface area contributed by atoms with Gasteiger partial charge in [0.2, 0.25) is 5.91 Å². The van der Waals surface area contributed by atoms with Crippen molar-refractivity contribution in [3.63, 3.8) is 0 Å². The molecule has 2 atom stereocenters. The number of rotatable bonds is 6. The largest absolute Gasteiger partial charge is 0.355 e. The SMILES string of the molecule is CC(C)CC(NC(=O)C1CCCN(c2cnccn2)C1)c1ccccc1. The van der Waals surface area contributed by atoms with Gasteiger partial charge in [0, 0.05) is 25.5 Å². The molecular weight excluding hydrogens is 324 g/mol. The number of amides is 1. The van der Waals surface area contributed by atoms with Crippen LogP contribution in [-0.2, 0) is 4.79 Å². The van der Waals surface area contributed by atoms with Gasteiger partial charge in [0.05, 0.1) is 18.2 Å². The summed E-state index contributed by atoms with van der Waals surface area (Å²) in [6.45, 7) is 6.02. The van der Waals surface area contributed by atoms with Crippen molar-refractivity contribution in [1.82, 2.24) is 15.3 Å². The lowest BCUT2D eigenvalue weighted by Crippen LogP contribution is -2.44. The van der Waals surface area contributed by atoms with Gasteiger partial charge >= 0.3 is 0 Å². The number of aromatic nitrogens is 2. The van der Waals surface area contributed by atoms with E-state index in [-0.39, 0.29) is 17.9 Å². The summed E-state index contributed by atoms with van der Waals surface area (Å²) >= 11 is 0. The first-order valence-electron chi connectivity index (χ1n) is 9.49. The molecule has 1 aliphatic heterocycles. The van der Waals surface area contributed by atoms with E-state index in [1.165, 1.54) is 5.56 Å². The molecule has 0 saturated carbocycles. The summed E-state index contributed by atoms with van der Waals surface area (Å²) in [4.78, 5) is 23.7. The first-order chi connectivity index (χ1) is 12.6. The summed E-state index contributed by atoms with van der Waals surface area (Å²) in [5.41, 5.74) is 1.18. The van der Waals surface area contributed by atoms with Crippen molar-refractivity contribution in [2.75, 3.05) is 18.0 Å². The Bertz CT molecular complexity index is 690. The van der Waals surface area contributed by atoms with Crippen molar-refractivity contribution in [3.05, 3.63) is 54.5 Å². The summed E-state index contributed by atoms with van der Waals surface area (Å²) in [6, 6.07) is 10.3. The van der Waals surface area contributed by atoms with E-state index in [1.807, 2.05) is 18.2 Å². The molecule has 5 nitrogen and oxygen atoms in total. The molecule has 1 N–H and O–H groups in total. The number of benzene rings is 1. The fourth-order valence-corrected chi connectivity index (χ4v) is 3.58. The molecule has 138 valence electrons. The predicted molar refractivity (Wildman–Crippen MR) is 104 cm³/mol. The lowest BCUT2D eigenvalue weighted by atomic mass is 9.93. The minimum Gasteiger partial charge on any atom is -0.355 e. The Balaban J connectivity index is 1.67. The van der Waals surface area contributed by atoms with Crippen molar-refractivity contribution in [3.8, 4) is 0 Å². The molecule has 0 radical (unpaired) electrons. The second-order valence-corrected chi connectivity index (χ2v) is 7.45. The van der Waals surface area contributed by atoms with Gasteiger partial charge < -0.3 is 10.2 Å². The second-order valence-electron chi connectivity index (χ2n) is 7.45. The van der Waals surface area contributed by atoms with Crippen LogP contribution in [0, 0.1) is 11.8 Å². The molecule has 1 aliphatic rings. The van der Waals surface area contributed by atoms with Crippen LogP contribution in [0.4, 0.5) is 5.82 Å². The predicted octanol–water partition coefficient (Wildman–Crippen LogP) is 3.60. The van der Waals surface area contributed by atoms with Crippen LogP contribution in [0.15, 0.2) is 48.9 Å². The highest BCUT2D eigenvalue weighted by atomic mass is 16.2. The summed E-state index contributed by atoms with van der Waals surface area (Å²) in [5.74, 6) is 1.51. The molecule has 5 heteroatoms.